The van der Waals surface area contributed by atoms with Crippen LogP contribution in [0, 0.1) is 11.8 Å². The van der Waals surface area contributed by atoms with E-state index in [4.69, 9.17) is 9.84 Å². The van der Waals surface area contributed by atoms with Crippen molar-refractivity contribution in [2.45, 2.75) is 120 Å². The van der Waals surface area contributed by atoms with Gasteiger partial charge in [0.2, 0.25) is 0 Å². The van der Waals surface area contributed by atoms with Crippen LogP contribution < -0.4 is 0 Å². The zero-order valence-corrected chi connectivity index (χ0v) is 18.7. The zero-order chi connectivity index (χ0) is 20.7. The maximum absolute atomic E-state index is 12.6. The van der Waals surface area contributed by atoms with E-state index in [-0.39, 0.29) is 11.7 Å². The molecule has 3 rings (SSSR count). The van der Waals surface area contributed by atoms with Crippen LogP contribution in [0.4, 0.5) is 0 Å². The van der Waals surface area contributed by atoms with Gasteiger partial charge >= 0.3 is 5.97 Å². The van der Waals surface area contributed by atoms with E-state index in [1.165, 1.54) is 25.7 Å². The smallest absolute Gasteiger partial charge is 0.303 e. The molecule has 29 heavy (non-hydrogen) atoms. The SMILES string of the molecule is O=C(O)CCCCCCC1C2CCC(O2)C1CCCCS(=O)(=O)C1CCCCC1. The molecule has 168 valence electrons. The standard InChI is InChI=1S/C23H40O5S/c24-23(25)14-7-2-1-6-12-19-20(22-16-15-21(19)28-22)13-8-9-17-29(26,27)18-10-4-3-5-11-18/h18-22H,1-17H2,(H,24,25). The van der Waals surface area contributed by atoms with Crippen LogP contribution in [0.2, 0.25) is 0 Å². The quantitative estimate of drug-likeness (QED) is 0.412. The Morgan fingerprint density at radius 2 is 1.38 bits per heavy atom. The van der Waals surface area contributed by atoms with Crippen LogP contribution in [0.1, 0.15) is 103 Å². The van der Waals surface area contributed by atoms with Crippen LogP contribution in [0.25, 0.3) is 0 Å². The Balaban J connectivity index is 1.35. The average Bonchev–Trinajstić information content (AvgIpc) is 3.30. The highest BCUT2D eigenvalue weighted by molar-refractivity contribution is 7.92. The maximum atomic E-state index is 12.6. The summed E-state index contributed by atoms with van der Waals surface area (Å²) in [6, 6.07) is 0. The highest BCUT2D eigenvalue weighted by Crippen LogP contribution is 2.47. The van der Waals surface area contributed by atoms with Crippen molar-refractivity contribution in [2.24, 2.45) is 11.8 Å². The predicted molar refractivity (Wildman–Crippen MR) is 115 cm³/mol. The number of hydrogen-bond donors (Lipinski definition) is 1. The molecule has 2 aliphatic heterocycles. The molecule has 2 saturated heterocycles. The average molecular weight is 429 g/mol. The molecule has 0 aromatic rings. The van der Waals surface area contributed by atoms with Crippen molar-refractivity contribution in [3.63, 3.8) is 0 Å². The lowest BCUT2D eigenvalue weighted by Gasteiger charge is -2.28. The summed E-state index contributed by atoms with van der Waals surface area (Å²) in [5.74, 6) is 0.901. The highest BCUT2D eigenvalue weighted by Gasteiger charge is 2.47. The van der Waals surface area contributed by atoms with Crippen molar-refractivity contribution >= 4 is 15.8 Å². The van der Waals surface area contributed by atoms with Crippen molar-refractivity contribution in [3.05, 3.63) is 0 Å². The molecule has 0 amide bonds. The molecule has 0 aromatic carbocycles. The molecule has 3 fully saturated rings. The van der Waals surface area contributed by atoms with Gasteiger partial charge in [0.1, 0.15) is 0 Å². The van der Waals surface area contributed by atoms with Crippen molar-refractivity contribution in [1.82, 2.24) is 0 Å². The molecule has 1 saturated carbocycles. The summed E-state index contributed by atoms with van der Waals surface area (Å²) in [6.45, 7) is 0. The molecule has 4 atom stereocenters. The van der Waals surface area contributed by atoms with Gasteiger partial charge in [-0.1, -0.05) is 44.9 Å². The van der Waals surface area contributed by atoms with Crippen molar-refractivity contribution < 1.29 is 23.1 Å². The third-order valence-electron chi connectivity index (χ3n) is 7.54. The molecule has 2 heterocycles. The summed E-state index contributed by atoms with van der Waals surface area (Å²) in [5, 5.41) is 8.65. The molecule has 1 aliphatic carbocycles. The summed E-state index contributed by atoms with van der Waals surface area (Å²) in [6.07, 6.45) is 16.6. The van der Waals surface area contributed by atoms with Gasteiger partial charge in [0, 0.05) is 6.42 Å². The van der Waals surface area contributed by atoms with Crippen LogP contribution in [0.15, 0.2) is 0 Å². The first-order chi connectivity index (χ1) is 14.0. The van der Waals surface area contributed by atoms with Gasteiger partial charge in [0.15, 0.2) is 9.84 Å². The Kier molecular flexibility index (Phi) is 8.85. The Labute approximate surface area is 176 Å². The van der Waals surface area contributed by atoms with E-state index in [9.17, 15) is 13.2 Å². The number of rotatable bonds is 13. The molecular weight excluding hydrogens is 388 g/mol. The number of carboxylic acids is 1. The number of carbonyl (C=O) groups is 1. The Bertz CT molecular complexity index is 611. The summed E-state index contributed by atoms with van der Waals surface area (Å²) in [4.78, 5) is 10.6. The Morgan fingerprint density at radius 1 is 0.793 bits per heavy atom. The highest BCUT2D eigenvalue weighted by atomic mass is 32.2. The van der Waals surface area contributed by atoms with Gasteiger partial charge in [-0.15, -0.1) is 0 Å². The fraction of sp³-hybridized carbons (Fsp3) is 0.957. The minimum atomic E-state index is -2.91. The van der Waals surface area contributed by atoms with Gasteiger partial charge in [0.05, 0.1) is 23.2 Å². The Morgan fingerprint density at radius 3 is 2.00 bits per heavy atom. The first-order valence-electron chi connectivity index (χ1n) is 12.1. The third-order valence-corrected chi connectivity index (χ3v) is 9.89. The number of sulfone groups is 1. The lowest BCUT2D eigenvalue weighted by atomic mass is 9.74. The number of ether oxygens (including phenoxy) is 1. The number of fused-ring (bicyclic) bond motifs is 2. The van der Waals surface area contributed by atoms with Crippen LogP contribution in [-0.2, 0) is 19.4 Å². The molecule has 6 heteroatoms. The molecule has 0 aromatic heterocycles. The molecular formula is C23H40O5S. The van der Waals surface area contributed by atoms with E-state index < -0.39 is 15.8 Å². The van der Waals surface area contributed by atoms with E-state index in [2.05, 4.69) is 0 Å². The zero-order valence-electron chi connectivity index (χ0n) is 17.9. The van der Waals surface area contributed by atoms with Gasteiger partial charge in [-0.3, -0.25) is 4.79 Å². The van der Waals surface area contributed by atoms with Crippen LogP contribution in [0.3, 0.4) is 0 Å². The van der Waals surface area contributed by atoms with Crippen molar-refractivity contribution in [1.29, 1.82) is 0 Å². The minimum absolute atomic E-state index is 0.0732. The minimum Gasteiger partial charge on any atom is -0.481 e. The number of hydrogen-bond acceptors (Lipinski definition) is 4. The van der Waals surface area contributed by atoms with Gasteiger partial charge in [0.25, 0.3) is 0 Å². The summed E-state index contributed by atoms with van der Waals surface area (Å²) in [5.41, 5.74) is 0. The summed E-state index contributed by atoms with van der Waals surface area (Å²) >= 11 is 0. The van der Waals surface area contributed by atoms with E-state index in [0.717, 1.165) is 70.6 Å². The first kappa shape index (κ1) is 23.1. The molecule has 5 nitrogen and oxygen atoms in total. The molecule has 2 bridgehead atoms. The van der Waals surface area contributed by atoms with Gasteiger partial charge < -0.3 is 9.84 Å². The van der Waals surface area contributed by atoms with E-state index in [1.807, 2.05) is 0 Å². The fourth-order valence-electron chi connectivity index (χ4n) is 5.95. The molecule has 0 spiro atoms. The topological polar surface area (TPSA) is 80.7 Å². The maximum Gasteiger partial charge on any atom is 0.303 e. The molecule has 4 unspecified atom stereocenters. The lowest BCUT2D eigenvalue weighted by Crippen LogP contribution is -2.28. The lowest BCUT2D eigenvalue weighted by molar-refractivity contribution is -0.137. The summed E-state index contributed by atoms with van der Waals surface area (Å²) < 4.78 is 31.4. The number of carboxylic acid groups (broad SMARTS) is 1. The normalized spacial score (nSPS) is 30.1. The second kappa shape index (κ2) is 11.1. The monoisotopic (exact) mass is 428 g/mol. The van der Waals surface area contributed by atoms with E-state index >= 15 is 0 Å². The Hall–Kier alpha value is -0.620. The van der Waals surface area contributed by atoms with Gasteiger partial charge in [-0.25, -0.2) is 8.42 Å². The molecule has 0 radical (unpaired) electrons. The van der Waals surface area contributed by atoms with Crippen molar-refractivity contribution in [2.75, 3.05) is 5.75 Å². The molecule has 1 N–H and O–H groups in total. The van der Waals surface area contributed by atoms with Crippen LogP contribution in [-0.4, -0.2) is 42.7 Å². The summed E-state index contributed by atoms with van der Waals surface area (Å²) in [7, 11) is -2.91. The van der Waals surface area contributed by atoms with E-state index in [1.54, 1.807) is 0 Å². The number of aliphatic carboxylic acids is 1. The van der Waals surface area contributed by atoms with Crippen LogP contribution in [0.5, 0.6) is 0 Å². The second-order valence-corrected chi connectivity index (χ2v) is 12.0. The van der Waals surface area contributed by atoms with Gasteiger partial charge in [-0.2, -0.15) is 0 Å². The second-order valence-electron chi connectivity index (χ2n) is 9.59. The largest absolute Gasteiger partial charge is 0.481 e. The van der Waals surface area contributed by atoms with Gasteiger partial charge in [-0.05, 0) is 63.2 Å². The van der Waals surface area contributed by atoms with Crippen molar-refractivity contribution in [3.8, 4) is 0 Å². The fourth-order valence-corrected chi connectivity index (χ4v) is 7.95. The van der Waals surface area contributed by atoms with E-state index in [0.29, 0.717) is 29.8 Å². The number of unbranched alkanes of at least 4 members (excludes halogenated alkanes) is 4. The first-order valence-corrected chi connectivity index (χ1v) is 13.8. The molecule has 3 aliphatic rings. The third kappa shape index (κ3) is 6.68. The van der Waals surface area contributed by atoms with Crippen LogP contribution >= 0.6 is 0 Å². The predicted octanol–water partition coefficient (Wildman–Crippen LogP) is 5.12.